The molecule has 0 aliphatic heterocycles. The van der Waals surface area contributed by atoms with Gasteiger partial charge in [0.2, 0.25) is 0 Å². The highest BCUT2D eigenvalue weighted by atomic mass is 19.1. The molecule has 0 aromatic heterocycles. The first-order valence-electron chi connectivity index (χ1n) is 4.42. The fourth-order valence-electron chi connectivity index (χ4n) is 1.41. The third-order valence-corrected chi connectivity index (χ3v) is 2.19. The van der Waals surface area contributed by atoms with Gasteiger partial charge in [-0.25, -0.2) is 4.39 Å². The third-order valence-electron chi connectivity index (χ3n) is 2.19. The van der Waals surface area contributed by atoms with Crippen LogP contribution in [0.4, 0.5) is 4.39 Å². The van der Waals surface area contributed by atoms with Crippen LogP contribution in [0.5, 0.6) is 0 Å². The number of aliphatic hydroxyl groups is 1. The van der Waals surface area contributed by atoms with Crippen molar-refractivity contribution < 1.29 is 9.50 Å². The predicted molar refractivity (Wildman–Crippen MR) is 51.8 cm³/mol. The van der Waals surface area contributed by atoms with Crippen LogP contribution in [0.25, 0.3) is 0 Å². The molecule has 1 unspecified atom stereocenters. The summed E-state index contributed by atoms with van der Waals surface area (Å²) in [5.74, 6) is 0.542. The SMILES string of the molecule is OC([C]1[CH][CH][CH][CH]1)c1ccc(F)cc1. The number of halogens is 1. The molecule has 2 rings (SSSR count). The highest BCUT2D eigenvalue weighted by Crippen LogP contribution is 2.34. The Balaban J connectivity index is 2.09. The Morgan fingerprint density at radius 2 is 1.57 bits per heavy atom. The van der Waals surface area contributed by atoms with E-state index in [1.54, 1.807) is 12.1 Å². The fraction of sp³-hybridized carbons (Fsp3) is 0.0833. The molecule has 1 saturated carbocycles. The molecule has 1 atom stereocenters. The van der Waals surface area contributed by atoms with Crippen molar-refractivity contribution in [1.82, 2.24) is 0 Å². The van der Waals surface area contributed by atoms with Crippen molar-refractivity contribution in [3.63, 3.8) is 0 Å². The first-order chi connectivity index (χ1) is 6.77. The lowest BCUT2D eigenvalue weighted by molar-refractivity contribution is 0.200. The van der Waals surface area contributed by atoms with Crippen LogP contribution < -0.4 is 0 Å². The molecule has 71 valence electrons. The maximum Gasteiger partial charge on any atom is 0.123 e. The largest absolute Gasteiger partial charge is 0.388 e. The average molecular weight is 189 g/mol. The minimum atomic E-state index is -0.661. The van der Waals surface area contributed by atoms with E-state index in [9.17, 15) is 9.50 Å². The molecule has 2 heteroatoms. The standard InChI is InChI=1S/C12H10FO/c13-11-7-5-10(6-8-11)12(14)9-3-1-2-4-9/h1-8,12,14H. The van der Waals surface area contributed by atoms with Gasteiger partial charge in [0, 0.05) is 5.92 Å². The monoisotopic (exact) mass is 189 g/mol. The van der Waals surface area contributed by atoms with Crippen molar-refractivity contribution in [2.75, 3.05) is 0 Å². The molecule has 1 fully saturated rings. The first-order valence-corrected chi connectivity index (χ1v) is 4.42. The van der Waals surface area contributed by atoms with Gasteiger partial charge in [-0.1, -0.05) is 12.1 Å². The highest BCUT2D eigenvalue weighted by Gasteiger charge is 2.25. The molecule has 0 heterocycles. The minimum absolute atomic E-state index is 0.288. The zero-order valence-electron chi connectivity index (χ0n) is 7.52. The molecule has 0 saturated heterocycles. The molecule has 14 heavy (non-hydrogen) atoms. The normalized spacial score (nSPS) is 19.9. The Hall–Kier alpha value is -0.890. The molecule has 0 spiro atoms. The van der Waals surface area contributed by atoms with E-state index in [0.29, 0.717) is 5.56 Å². The average Bonchev–Trinajstić information content (AvgIpc) is 2.71. The summed E-state index contributed by atoms with van der Waals surface area (Å²) in [7, 11) is 0. The van der Waals surface area contributed by atoms with E-state index in [4.69, 9.17) is 0 Å². The lowest BCUT2D eigenvalue weighted by atomic mass is 9.94. The van der Waals surface area contributed by atoms with Crippen LogP contribution in [-0.2, 0) is 0 Å². The summed E-state index contributed by atoms with van der Waals surface area (Å²) >= 11 is 0. The number of benzene rings is 1. The number of hydrogen-bond donors (Lipinski definition) is 1. The zero-order valence-corrected chi connectivity index (χ0v) is 7.52. The van der Waals surface area contributed by atoms with Crippen molar-refractivity contribution in [2.24, 2.45) is 0 Å². The van der Waals surface area contributed by atoms with Gasteiger partial charge < -0.3 is 5.11 Å². The Bertz CT molecular complexity index is 288. The van der Waals surface area contributed by atoms with E-state index in [1.807, 2.05) is 25.7 Å². The van der Waals surface area contributed by atoms with Crippen molar-refractivity contribution in [2.45, 2.75) is 6.10 Å². The summed E-state index contributed by atoms with van der Waals surface area (Å²) in [5.41, 5.74) is 0.706. The lowest BCUT2D eigenvalue weighted by Crippen LogP contribution is -2.07. The van der Waals surface area contributed by atoms with Gasteiger partial charge in [0.1, 0.15) is 5.82 Å². The van der Waals surface area contributed by atoms with E-state index in [1.165, 1.54) is 12.1 Å². The summed E-state index contributed by atoms with van der Waals surface area (Å²) in [6.45, 7) is 0. The smallest absolute Gasteiger partial charge is 0.123 e. The molecule has 5 radical (unpaired) electrons. The van der Waals surface area contributed by atoms with Gasteiger partial charge in [0.25, 0.3) is 0 Å². The van der Waals surface area contributed by atoms with Crippen LogP contribution in [0.2, 0.25) is 0 Å². The predicted octanol–water partition coefficient (Wildman–Crippen LogP) is 2.26. The van der Waals surface area contributed by atoms with Crippen molar-refractivity contribution in [1.29, 1.82) is 0 Å². The second-order valence-electron chi connectivity index (χ2n) is 3.17. The number of rotatable bonds is 2. The maximum atomic E-state index is 12.6. The second-order valence-corrected chi connectivity index (χ2v) is 3.17. The van der Waals surface area contributed by atoms with Crippen molar-refractivity contribution >= 4 is 0 Å². The molecule has 1 aliphatic rings. The molecule has 1 aromatic carbocycles. The van der Waals surface area contributed by atoms with Crippen LogP contribution in [-0.4, -0.2) is 5.11 Å². The summed E-state index contributed by atoms with van der Waals surface area (Å²) in [6, 6.07) is 5.88. The maximum absolute atomic E-state index is 12.6. The van der Waals surface area contributed by atoms with Gasteiger partial charge in [-0.05, 0) is 43.4 Å². The number of hydrogen-bond acceptors (Lipinski definition) is 1. The van der Waals surface area contributed by atoms with Gasteiger partial charge in [0.15, 0.2) is 0 Å². The van der Waals surface area contributed by atoms with Crippen LogP contribution in [0.3, 0.4) is 0 Å². The molecule has 1 N–H and O–H groups in total. The molecule has 0 amide bonds. The summed E-state index contributed by atoms with van der Waals surface area (Å²) in [6.07, 6.45) is 6.75. The Morgan fingerprint density at radius 1 is 1.00 bits per heavy atom. The van der Waals surface area contributed by atoms with Crippen LogP contribution >= 0.6 is 0 Å². The molecule has 1 aromatic rings. The van der Waals surface area contributed by atoms with E-state index in [2.05, 4.69) is 0 Å². The van der Waals surface area contributed by atoms with E-state index < -0.39 is 6.10 Å². The molecule has 1 nitrogen and oxygen atoms in total. The van der Waals surface area contributed by atoms with Gasteiger partial charge in [0.05, 0.1) is 6.10 Å². The summed E-state index contributed by atoms with van der Waals surface area (Å²) in [4.78, 5) is 0. The quantitative estimate of drug-likeness (QED) is 0.756. The van der Waals surface area contributed by atoms with Crippen LogP contribution in [0.15, 0.2) is 24.3 Å². The number of aliphatic hydroxyl groups excluding tert-OH is 1. The van der Waals surface area contributed by atoms with Gasteiger partial charge in [-0.3, -0.25) is 0 Å². The molecule has 0 bridgehead atoms. The Morgan fingerprint density at radius 3 is 2.14 bits per heavy atom. The van der Waals surface area contributed by atoms with Crippen LogP contribution in [0, 0.1) is 37.4 Å². The molecular weight excluding hydrogens is 179 g/mol. The van der Waals surface area contributed by atoms with E-state index >= 15 is 0 Å². The minimum Gasteiger partial charge on any atom is -0.388 e. The lowest BCUT2D eigenvalue weighted by Gasteiger charge is -2.16. The third kappa shape index (κ3) is 1.95. The first kappa shape index (κ1) is 9.66. The van der Waals surface area contributed by atoms with Crippen molar-refractivity contribution in [3.8, 4) is 0 Å². The van der Waals surface area contributed by atoms with Crippen molar-refractivity contribution in [3.05, 3.63) is 67.2 Å². The van der Waals surface area contributed by atoms with Gasteiger partial charge in [-0.2, -0.15) is 0 Å². The summed E-state index contributed by atoms with van der Waals surface area (Å²) < 4.78 is 12.6. The Kier molecular flexibility index (Phi) is 2.82. The van der Waals surface area contributed by atoms with Crippen LogP contribution in [0.1, 0.15) is 11.7 Å². The Labute approximate surface area is 83.6 Å². The van der Waals surface area contributed by atoms with Gasteiger partial charge in [-0.15, -0.1) is 0 Å². The van der Waals surface area contributed by atoms with E-state index in [-0.39, 0.29) is 5.82 Å². The zero-order chi connectivity index (χ0) is 9.97. The highest BCUT2D eigenvalue weighted by molar-refractivity contribution is 5.41. The van der Waals surface area contributed by atoms with Gasteiger partial charge >= 0.3 is 0 Å². The topological polar surface area (TPSA) is 20.2 Å². The molecular formula is C12H10FO. The fourth-order valence-corrected chi connectivity index (χ4v) is 1.41. The van der Waals surface area contributed by atoms with E-state index in [0.717, 1.165) is 5.92 Å². The molecule has 1 aliphatic carbocycles. The second kappa shape index (κ2) is 4.09. The summed E-state index contributed by atoms with van der Waals surface area (Å²) in [5, 5.41) is 9.85.